The summed E-state index contributed by atoms with van der Waals surface area (Å²) in [7, 11) is 1.72. The highest BCUT2D eigenvalue weighted by atomic mass is 16.5. The Kier molecular flexibility index (Phi) is 4.93. The van der Waals surface area contributed by atoms with Crippen LogP contribution in [0.15, 0.2) is 42.6 Å². The fourth-order valence-corrected chi connectivity index (χ4v) is 1.93. The minimum Gasteiger partial charge on any atom is -0.439 e. The van der Waals surface area contributed by atoms with E-state index in [1.807, 2.05) is 24.3 Å². The molecule has 0 fully saturated rings. The maximum atomic E-state index is 5.84. The van der Waals surface area contributed by atoms with Gasteiger partial charge in [0.25, 0.3) is 0 Å². The lowest BCUT2D eigenvalue weighted by Gasteiger charge is -2.11. The first-order valence-electron chi connectivity index (χ1n) is 6.47. The van der Waals surface area contributed by atoms with Gasteiger partial charge in [0.1, 0.15) is 5.75 Å². The third-order valence-electron chi connectivity index (χ3n) is 2.86. The minimum absolute atomic E-state index is 0.624. The highest BCUT2D eigenvalue weighted by Gasteiger charge is 2.06. The average molecular weight is 257 g/mol. The van der Waals surface area contributed by atoms with Gasteiger partial charge in [-0.25, -0.2) is 4.98 Å². The first-order chi connectivity index (χ1) is 9.29. The molecule has 2 aromatic rings. The number of nitrogens with zero attached hydrogens (tertiary/aromatic N) is 1. The van der Waals surface area contributed by atoms with Crippen molar-refractivity contribution in [3.63, 3.8) is 0 Å². The van der Waals surface area contributed by atoms with E-state index in [1.54, 1.807) is 13.3 Å². The molecule has 0 amide bonds. The van der Waals surface area contributed by atoms with Crippen molar-refractivity contribution in [2.75, 3.05) is 13.7 Å². The Labute approximate surface area is 114 Å². The molecule has 1 heterocycles. The van der Waals surface area contributed by atoms with E-state index in [-0.39, 0.29) is 0 Å². The molecule has 0 aliphatic carbocycles. The summed E-state index contributed by atoms with van der Waals surface area (Å²) in [5.74, 6) is 1.50. The van der Waals surface area contributed by atoms with E-state index in [0.29, 0.717) is 5.88 Å². The van der Waals surface area contributed by atoms with Gasteiger partial charge in [-0.1, -0.05) is 23.8 Å². The molecule has 0 saturated carbocycles. The molecule has 0 saturated heterocycles. The van der Waals surface area contributed by atoms with Crippen molar-refractivity contribution in [3.05, 3.63) is 53.7 Å². The SMILES string of the molecule is COCCCc1cc(C)ccc1Oc1ccccn1. The lowest BCUT2D eigenvalue weighted by molar-refractivity contribution is 0.195. The van der Waals surface area contributed by atoms with Crippen molar-refractivity contribution >= 4 is 0 Å². The number of benzene rings is 1. The van der Waals surface area contributed by atoms with Crippen LogP contribution in [0.3, 0.4) is 0 Å². The predicted octanol–water partition coefficient (Wildman–Crippen LogP) is 3.76. The van der Waals surface area contributed by atoms with Gasteiger partial charge in [0.05, 0.1) is 0 Å². The maximum absolute atomic E-state index is 5.84. The Hall–Kier alpha value is -1.87. The van der Waals surface area contributed by atoms with E-state index < -0.39 is 0 Å². The Bertz CT molecular complexity index is 511. The molecule has 100 valence electrons. The third-order valence-corrected chi connectivity index (χ3v) is 2.86. The standard InChI is InChI=1S/C16H19NO2/c1-13-8-9-15(14(12-13)6-5-11-18-2)19-16-7-3-4-10-17-16/h3-4,7-10,12H,5-6,11H2,1-2H3. The second kappa shape index (κ2) is 6.90. The molecule has 2 rings (SSSR count). The topological polar surface area (TPSA) is 31.4 Å². The highest BCUT2D eigenvalue weighted by molar-refractivity contribution is 5.39. The fraction of sp³-hybridized carbons (Fsp3) is 0.312. The Morgan fingerprint density at radius 3 is 2.79 bits per heavy atom. The molecule has 0 N–H and O–H groups in total. The van der Waals surface area contributed by atoms with Crippen LogP contribution in [0.25, 0.3) is 0 Å². The van der Waals surface area contributed by atoms with E-state index in [4.69, 9.17) is 9.47 Å². The van der Waals surface area contributed by atoms with Crippen LogP contribution in [0.2, 0.25) is 0 Å². The number of hydrogen-bond donors (Lipinski definition) is 0. The smallest absolute Gasteiger partial charge is 0.219 e. The monoisotopic (exact) mass is 257 g/mol. The molecule has 0 spiro atoms. The lowest BCUT2D eigenvalue weighted by atomic mass is 10.1. The summed E-state index contributed by atoms with van der Waals surface area (Å²) in [4.78, 5) is 4.19. The van der Waals surface area contributed by atoms with Crippen molar-refractivity contribution in [1.82, 2.24) is 4.98 Å². The second-order valence-electron chi connectivity index (χ2n) is 4.48. The van der Waals surface area contributed by atoms with Crippen LogP contribution in [0.1, 0.15) is 17.5 Å². The quantitative estimate of drug-likeness (QED) is 0.738. The van der Waals surface area contributed by atoms with Gasteiger partial charge in [-0.3, -0.25) is 0 Å². The van der Waals surface area contributed by atoms with Gasteiger partial charge in [0, 0.05) is 26.0 Å². The van der Waals surface area contributed by atoms with Gasteiger partial charge in [-0.15, -0.1) is 0 Å². The van der Waals surface area contributed by atoms with Crippen LogP contribution in [0, 0.1) is 6.92 Å². The summed E-state index contributed by atoms with van der Waals surface area (Å²) < 4.78 is 10.9. The number of methoxy groups -OCH3 is 1. The fourth-order valence-electron chi connectivity index (χ4n) is 1.93. The van der Waals surface area contributed by atoms with E-state index in [1.165, 1.54) is 11.1 Å². The zero-order valence-corrected chi connectivity index (χ0v) is 11.4. The lowest BCUT2D eigenvalue weighted by Crippen LogP contribution is -1.97. The molecule has 1 aromatic carbocycles. The van der Waals surface area contributed by atoms with E-state index in [2.05, 4.69) is 24.0 Å². The van der Waals surface area contributed by atoms with Crippen molar-refractivity contribution in [3.8, 4) is 11.6 Å². The van der Waals surface area contributed by atoms with Gasteiger partial charge in [-0.05, 0) is 37.5 Å². The normalized spacial score (nSPS) is 10.4. The van der Waals surface area contributed by atoms with Gasteiger partial charge >= 0.3 is 0 Å². The van der Waals surface area contributed by atoms with Crippen LogP contribution < -0.4 is 4.74 Å². The van der Waals surface area contributed by atoms with Crippen LogP contribution in [0.5, 0.6) is 11.6 Å². The summed E-state index contributed by atoms with van der Waals surface area (Å²) in [6.45, 7) is 2.85. The van der Waals surface area contributed by atoms with E-state index in [9.17, 15) is 0 Å². The second-order valence-corrected chi connectivity index (χ2v) is 4.48. The van der Waals surface area contributed by atoms with Gasteiger partial charge in [0.2, 0.25) is 5.88 Å². The largest absolute Gasteiger partial charge is 0.439 e. The van der Waals surface area contributed by atoms with Crippen LogP contribution >= 0.6 is 0 Å². The molecule has 19 heavy (non-hydrogen) atoms. The molecule has 0 atom stereocenters. The van der Waals surface area contributed by atoms with Crippen LogP contribution in [-0.2, 0) is 11.2 Å². The molecule has 3 heteroatoms. The zero-order chi connectivity index (χ0) is 13.5. The summed E-state index contributed by atoms with van der Waals surface area (Å²) in [5, 5.41) is 0. The maximum Gasteiger partial charge on any atom is 0.219 e. The van der Waals surface area contributed by atoms with E-state index >= 15 is 0 Å². The van der Waals surface area contributed by atoms with Gasteiger partial charge in [0.15, 0.2) is 0 Å². The van der Waals surface area contributed by atoms with Crippen molar-refractivity contribution in [2.24, 2.45) is 0 Å². The van der Waals surface area contributed by atoms with Gasteiger partial charge < -0.3 is 9.47 Å². The number of aromatic nitrogens is 1. The minimum atomic E-state index is 0.624. The number of rotatable bonds is 6. The third kappa shape index (κ3) is 4.07. The molecule has 0 aliphatic rings. The highest BCUT2D eigenvalue weighted by Crippen LogP contribution is 2.26. The number of hydrogen-bond acceptors (Lipinski definition) is 3. The molecule has 0 unspecified atom stereocenters. The predicted molar refractivity (Wildman–Crippen MR) is 75.7 cm³/mol. The number of pyridine rings is 1. The Morgan fingerprint density at radius 1 is 1.16 bits per heavy atom. The van der Waals surface area contributed by atoms with Crippen LogP contribution in [0.4, 0.5) is 0 Å². The first kappa shape index (κ1) is 13.6. The first-order valence-corrected chi connectivity index (χ1v) is 6.47. The summed E-state index contributed by atoms with van der Waals surface area (Å²) in [6.07, 6.45) is 3.66. The molecule has 0 aliphatic heterocycles. The Balaban J connectivity index is 2.14. The van der Waals surface area contributed by atoms with E-state index in [0.717, 1.165) is 25.2 Å². The summed E-state index contributed by atoms with van der Waals surface area (Å²) >= 11 is 0. The van der Waals surface area contributed by atoms with Gasteiger partial charge in [-0.2, -0.15) is 0 Å². The number of ether oxygens (including phenoxy) is 2. The van der Waals surface area contributed by atoms with Crippen molar-refractivity contribution < 1.29 is 9.47 Å². The summed E-state index contributed by atoms with van der Waals surface area (Å²) in [5.41, 5.74) is 2.43. The van der Waals surface area contributed by atoms with Crippen molar-refractivity contribution in [1.29, 1.82) is 0 Å². The molecule has 0 radical (unpaired) electrons. The molecule has 1 aromatic heterocycles. The number of aryl methyl sites for hydroxylation is 2. The zero-order valence-electron chi connectivity index (χ0n) is 11.4. The molecule has 3 nitrogen and oxygen atoms in total. The van der Waals surface area contributed by atoms with Crippen molar-refractivity contribution in [2.45, 2.75) is 19.8 Å². The molecule has 0 bridgehead atoms. The average Bonchev–Trinajstić information content (AvgIpc) is 2.43. The van der Waals surface area contributed by atoms with Crippen LogP contribution in [-0.4, -0.2) is 18.7 Å². The summed E-state index contributed by atoms with van der Waals surface area (Å²) in [6, 6.07) is 11.9. The molecular weight excluding hydrogens is 238 g/mol. The molecular formula is C16H19NO2. The Morgan fingerprint density at radius 2 is 2.05 bits per heavy atom.